The molecule has 53 heavy (non-hydrogen) atoms. The molecule has 5 rings (SSSR count). The summed E-state index contributed by atoms with van der Waals surface area (Å²) in [7, 11) is 13.4. The zero-order chi connectivity index (χ0) is 38.4. The van der Waals surface area contributed by atoms with E-state index in [-0.39, 0.29) is 24.5 Å². The summed E-state index contributed by atoms with van der Waals surface area (Å²) in [5.41, 5.74) is 2.52. The van der Waals surface area contributed by atoms with Gasteiger partial charge in [-0.25, -0.2) is 0 Å². The molecule has 0 spiro atoms. The Balaban J connectivity index is 1.68. The normalized spacial score (nSPS) is 14.4. The van der Waals surface area contributed by atoms with Crippen molar-refractivity contribution in [1.29, 1.82) is 0 Å². The Kier molecular flexibility index (Phi) is 12.1. The van der Waals surface area contributed by atoms with Gasteiger partial charge in [0.15, 0.2) is 40.3 Å². The smallest absolute Gasteiger partial charge is 0.306 e. The summed E-state index contributed by atoms with van der Waals surface area (Å²) >= 11 is 0. The number of benzene rings is 3. The Morgan fingerprint density at radius 1 is 0.736 bits per heavy atom. The molecule has 284 valence electrons. The number of carbonyl (C=O) groups excluding carboxylic acids is 1. The highest BCUT2D eigenvalue weighted by Crippen LogP contribution is 2.47. The van der Waals surface area contributed by atoms with Crippen molar-refractivity contribution in [1.82, 2.24) is 4.90 Å². The fourth-order valence-electron chi connectivity index (χ4n) is 6.80. The van der Waals surface area contributed by atoms with Gasteiger partial charge in [0.2, 0.25) is 22.7 Å². The third-order valence-electron chi connectivity index (χ3n) is 9.34. The second-order valence-electron chi connectivity index (χ2n) is 12.1. The third kappa shape index (κ3) is 7.58. The molecule has 0 amide bonds. The average molecular weight is 736 g/mol. The lowest BCUT2D eigenvalue weighted by Crippen LogP contribution is -2.36. The van der Waals surface area contributed by atoms with Crippen LogP contribution in [0.25, 0.3) is 0 Å². The number of rotatable bonds is 15. The minimum Gasteiger partial charge on any atom is -0.502 e. The van der Waals surface area contributed by atoms with Crippen LogP contribution in [0.15, 0.2) is 51.7 Å². The number of fused-ring (bicyclic) bond motifs is 1. The molecule has 1 N–H and O–H groups in total. The van der Waals surface area contributed by atoms with Crippen LogP contribution in [0.2, 0.25) is 0 Å². The van der Waals surface area contributed by atoms with Gasteiger partial charge in [-0.05, 0) is 65.1 Å². The largest absolute Gasteiger partial charge is 0.502 e. The van der Waals surface area contributed by atoms with Crippen LogP contribution in [-0.4, -0.2) is 86.5 Å². The first-order valence-corrected chi connectivity index (χ1v) is 16.6. The monoisotopic (exact) mass is 735 g/mol. The van der Waals surface area contributed by atoms with Crippen LogP contribution in [0.4, 0.5) is 0 Å². The second kappa shape index (κ2) is 16.7. The summed E-state index contributed by atoms with van der Waals surface area (Å²) < 4.78 is 56.4. The topological polar surface area (TPSA) is 154 Å². The SMILES string of the molecule is COC(=O)C[C@@H](c1cc(OC)c(OC)c(OC)c1)c1oc(CN2CCc3cc(OC)c(OC)cc3[C@H]2c2cc(OC)c(OC)c(OC)c2)cc(=O)c1O. The van der Waals surface area contributed by atoms with Gasteiger partial charge in [-0.1, -0.05) is 0 Å². The molecule has 3 aromatic carbocycles. The van der Waals surface area contributed by atoms with Crippen molar-refractivity contribution in [3.8, 4) is 51.7 Å². The molecule has 14 nitrogen and oxygen atoms in total. The van der Waals surface area contributed by atoms with E-state index in [9.17, 15) is 14.7 Å². The zero-order valence-electron chi connectivity index (χ0n) is 31.3. The van der Waals surface area contributed by atoms with E-state index in [1.165, 1.54) is 41.6 Å². The lowest BCUT2D eigenvalue weighted by atomic mass is 9.87. The van der Waals surface area contributed by atoms with E-state index in [0.717, 1.165) is 16.7 Å². The van der Waals surface area contributed by atoms with Crippen LogP contribution in [0.1, 0.15) is 52.2 Å². The summed E-state index contributed by atoms with van der Waals surface area (Å²) in [4.78, 5) is 28.4. The number of nitrogens with zero attached hydrogens (tertiary/aromatic N) is 1. The summed E-state index contributed by atoms with van der Waals surface area (Å²) in [6.45, 7) is 0.653. The predicted molar refractivity (Wildman–Crippen MR) is 193 cm³/mol. The maximum Gasteiger partial charge on any atom is 0.306 e. The van der Waals surface area contributed by atoms with E-state index in [1.54, 1.807) is 40.6 Å². The number of aromatic hydroxyl groups is 1. The van der Waals surface area contributed by atoms with Gasteiger partial charge in [-0.3, -0.25) is 14.5 Å². The summed E-state index contributed by atoms with van der Waals surface area (Å²) in [6.07, 6.45) is 0.351. The third-order valence-corrected chi connectivity index (χ3v) is 9.34. The van der Waals surface area contributed by atoms with Crippen LogP contribution in [0, 0.1) is 0 Å². The Morgan fingerprint density at radius 2 is 1.26 bits per heavy atom. The molecule has 0 aliphatic carbocycles. The Hall–Kier alpha value is -5.76. The number of hydrogen-bond donors (Lipinski definition) is 1. The van der Waals surface area contributed by atoms with E-state index in [1.807, 2.05) is 24.3 Å². The quantitative estimate of drug-likeness (QED) is 0.158. The maximum atomic E-state index is 13.5. The molecule has 0 unspecified atom stereocenters. The van der Waals surface area contributed by atoms with Crippen molar-refractivity contribution in [3.05, 3.63) is 86.5 Å². The second-order valence-corrected chi connectivity index (χ2v) is 12.1. The lowest BCUT2D eigenvalue weighted by molar-refractivity contribution is -0.140. The molecule has 1 aromatic heterocycles. The van der Waals surface area contributed by atoms with E-state index >= 15 is 0 Å². The van der Waals surface area contributed by atoms with Gasteiger partial charge in [-0.15, -0.1) is 0 Å². The van der Waals surface area contributed by atoms with E-state index in [0.29, 0.717) is 64.5 Å². The first-order chi connectivity index (χ1) is 25.6. The number of methoxy groups -OCH3 is 9. The van der Waals surface area contributed by atoms with Crippen LogP contribution < -0.4 is 43.3 Å². The summed E-state index contributed by atoms with van der Waals surface area (Å²) in [5.74, 6) is 1.34. The number of esters is 1. The molecule has 0 radical (unpaired) electrons. The number of ether oxygens (including phenoxy) is 9. The highest BCUT2D eigenvalue weighted by atomic mass is 16.5. The molecule has 0 fully saturated rings. The first-order valence-electron chi connectivity index (χ1n) is 16.6. The van der Waals surface area contributed by atoms with E-state index in [4.69, 9.17) is 47.0 Å². The molecular weight excluding hydrogens is 690 g/mol. The maximum absolute atomic E-state index is 13.5. The summed E-state index contributed by atoms with van der Waals surface area (Å²) in [6, 6.07) is 11.7. The molecule has 0 saturated carbocycles. The molecule has 1 aliphatic rings. The van der Waals surface area contributed by atoms with Crippen LogP contribution in [0.3, 0.4) is 0 Å². The number of carbonyl (C=O) groups is 1. The standard InChI is InChI=1S/C39H45NO13/c1-44-28-12-21-10-11-40(35(25(21)18-29(28)45-2)23-15-32(48-5)39(52-9)33(16-23)49-6)20-24-17-27(41)36(43)37(53-24)26(19-34(42)50-7)22-13-30(46-3)38(51-8)31(14-22)47-4/h12-18,26,35,43H,10-11,19-20H2,1-9H3/t26-,35+/m0/s1. The molecular formula is C39H45NO13. The minimum absolute atomic E-state index is 0.123. The lowest BCUT2D eigenvalue weighted by Gasteiger charge is -2.38. The van der Waals surface area contributed by atoms with Crippen molar-refractivity contribution < 1.29 is 56.9 Å². The molecule has 0 saturated heterocycles. The van der Waals surface area contributed by atoms with Gasteiger partial charge in [0, 0.05) is 12.6 Å². The molecule has 1 aliphatic heterocycles. The van der Waals surface area contributed by atoms with Crippen LogP contribution >= 0.6 is 0 Å². The van der Waals surface area contributed by atoms with Gasteiger partial charge >= 0.3 is 5.97 Å². The first kappa shape index (κ1) is 38.5. The Morgan fingerprint density at radius 3 is 1.77 bits per heavy atom. The van der Waals surface area contributed by atoms with Gasteiger partial charge in [0.05, 0.1) is 88.9 Å². The number of hydrogen-bond acceptors (Lipinski definition) is 14. The Bertz CT molecular complexity index is 1960. The highest BCUT2D eigenvalue weighted by Gasteiger charge is 2.34. The molecule has 0 bridgehead atoms. The molecule has 4 aromatic rings. The van der Waals surface area contributed by atoms with Crippen molar-refractivity contribution in [2.75, 3.05) is 70.5 Å². The zero-order valence-corrected chi connectivity index (χ0v) is 31.3. The molecule has 2 heterocycles. The van der Waals surface area contributed by atoms with Crippen molar-refractivity contribution >= 4 is 5.97 Å². The van der Waals surface area contributed by atoms with Crippen molar-refractivity contribution in [3.63, 3.8) is 0 Å². The van der Waals surface area contributed by atoms with E-state index in [2.05, 4.69) is 4.90 Å². The highest BCUT2D eigenvalue weighted by molar-refractivity contribution is 5.72. The fraction of sp³-hybridized carbons (Fsp3) is 0.385. The molecule has 2 atom stereocenters. The minimum atomic E-state index is -0.978. The summed E-state index contributed by atoms with van der Waals surface area (Å²) in [5, 5.41) is 11.2. The van der Waals surface area contributed by atoms with Gasteiger partial charge < -0.3 is 52.2 Å². The molecule has 14 heteroatoms. The average Bonchev–Trinajstić information content (AvgIpc) is 3.19. The van der Waals surface area contributed by atoms with E-state index < -0.39 is 29.1 Å². The van der Waals surface area contributed by atoms with Crippen LogP contribution in [0.5, 0.6) is 51.7 Å². The fourth-order valence-corrected chi connectivity index (χ4v) is 6.80. The van der Waals surface area contributed by atoms with Gasteiger partial charge in [0.1, 0.15) is 5.76 Å². The predicted octanol–water partition coefficient (Wildman–Crippen LogP) is 5.26. The van der Waals surface area contributed by atoms with Crippen LogP contribution in [-0.2, 0) is 22.5 Å². The van der Waals surface area contributed by atoms with Crippen molar-refractivity contribution in [2.45, 2.75) is 31.3 Å². The Labute approximate surface area is 307 Å². The van der Waals surface area contributed by atoms with Gasteiger partial charge in [-0.2, -0.15) is 0 Å². The van der Waals surface area contributed by atoms with Gasteiger partial charge in [0.25, 0.3) is 0 Å². The van der Waals surface area contributed by atoms with Crippen molar-refractivity contribution in [2.24, 2.45) is 0 Å².